The van der Waals surface area contributed by atoms with E-state index in [0.29, 0.717) is 6.54 Å². The number of nitrogens with one attached hydrogen (secondary N) is 1. The highest BCUT2D eigenvalue weighted by molar-refractivity contribution is 5.83. The van der Waals surface area contributed by atoms with Gasteiger partial charge in [-0.1, -0.05) is 50.1 Å². The minimum Gasteiger partial charge on any atom is -0.354 e. The highest BCUT2D eigenvalue weighted by Crippen LogP contribution is 2.16. The Morgan fingerprint density at radius 2 is 2.10 bits per heavy atom. The van der Waals surface area contributed by atoms with Crippen molar-refractivity contribution in [3.63, 3.8) is 0 Å². The zero-order chi connectivity index (χ0) is 14.2. The molecule has 2 rings (SSSR count). The number of carbonyl (C=O) groups excluding carboxylic acids is 1. The van der Waals surface area contributed by atoms with Gasteiger partial charge >= 0.3 is 0 Å². The van der Waals surface area contributed by atoms with Gasteiger partial charge < -0.3 is 5.32 Å². The van der Waals surface area contributed by atoms with E-state index in [0.717, 1.165) is 24.8 Å². The summed E-state index contributed by atoms with van der Waals surface area (Å²) in [5.41, 5.74) is 0.868. The highest BCUT2D eigenvalue weighted by atomic mass is 16.2. The lowest BCUT2D eigenvalue weighted by Gasteiger charge is -2.16. The van der Waals surface area contributed by atoms with Gasteiger partial charge in [0.15, 0.2) is 6.04 Å². The third-order valence-corrected chi connectivity index (χ3v) is 3.07. The molecule has 20 heavy (non-hydrogen) atoms. The van der Waals surface area contributed by atoms with Gasteiger partial charge in [0.1, 0.15) is 6.33 Å². The first-order valence-corrected chi connectivity index (χ1v) is 6.88. The molecule has 1 N–H and O–H groups in total. The first-order valence-electron chi connectivity index (χ1n) is 6.88. The molecule has 0 aliphatic carbocycles. The Bertz CT molecular complexity index is 512. The lowest BCUT2D eigenvalue weighted by atomic mass is 10.1. The molecule has 1 amide bonds. The molecule has 0 saturated heterocycles. The quantitative estimate of drug-likeness (QED) is 0.777. The summed E-state index contributed by atoms with van der Waals surface area (Å²) in [5, 5.41) is 14.0. The molecule has 0 aliphatic rings. The van der Waals surface area contributed by atoms with Crippen LogP contribution < -0.4 is 5.32 Å². The van der Waals surface area contributed by atoms with E-state index in [-0.39, 0.29) is 5.91 Å². The van der Waals surface area contributed by atoms with Crippen LogP contribution in [0.3, 0.4) is 0 Å². The number of hydrogen-bond acceptors (Lipinski definition) is 4. The SMILES string of the molecule is CCCCCNC(=O)[C@@H](c1ccccc1)n1cnnn1. The molecule has 0 radical (unpaired) electrons. The summed E-state index contributed by atoms with van der Waals surface area (Å²) < 4.78 is 1.48. The highest BCUT2D eigenvalue weighted by Gasteiger charge is 2.23. The van der Waals surface area contributed by atoms with Gasteiger partial charge in [0.05, 0.1) is 0 Å². The van der Waals surface area contributed by atoms with Crippen molar-refractivity contribution in [3.05, 3.63) is 42.2 Å². The predicted octanol–water partition coefficient (Wildman–Crippen LogP) is 1.57. The summed E-state index contributed by atoms with van der Waals surface area (Å²) in [6, 6.07) is 9.00. The topological polar surface area (TPSA) is 72.7 Å². The monoisotopic (exact) mass is 273 g/mol. The normalized spacial score (nSPS) is 12.1. The number of carbonyl (C=O) groups is 1. The first-order chi connectivity index (χ1) is 9.83. The van der Waals surface area contributed by atoms with Crippen molar-refractivity contribution in [2.75, 3.05) is 6.54 Å². The van der Waals surface area contributed by atoms with Crippen molar-refractivity contribution in [2.24, 2.45) is 0 Å². The number of unbranched alkanes of at least 4 members (excludes halogenated alkanes) is 2. The van der Waals surface area contributed by atoms with Crippen molar-refractivity contribution in [3.8, 4) is 0 Å². The largest absolute Gasteiger partial charge is 0.354 e. The second-order valence-electron chi connectivity index (χ2n) is 4.60. The van der Waals surface area contributed by atoms with Gasteiger partial charge in [0, 0.05) is 6.54 Å². The maximum atomic E-state index is 12.4. The second-order valence-corrected chi connectivity index (χ2v) is 4.60. The van der Waals surface area contributed by atoms with Crippen LogP contribution in [0, 0.1) is 0 Å². The molecule has 1 aromatic carbocycles. The van der Waals surface area contributed by atoms with Crippen LogP contribution in [0.2, 0.25) is 0 Å². The summed E-state index contributed by atoms with van der Waals surface area (Å²) in [6.45, 7) is 2.81. The van der Waals surface area contributed by atoms with Crippen LogP contribution >= 0.6 is 0 Å². The number of rotatable bonds is 7. The molecule has 1 heterocycles. The fourth-order valence-electron chi connectivity index (χ4n) is 2.03. The molecule has 1 aromatic heterocycles. The molecule has 6 heteroatoms. The molecular weight excluding hydrogens is 254 g/mol. The van der Waals surface area contributed by atoms with Gasteiger partial charge in [0.25, 0.3) is 0 Å². The maximum absolute atomic E-state index is 12.4. The molecular formula is C14H19N5O. The third-order valence-electron chi connectivity index (χ3n) is 3.07. The molecule has 6 nitrogen and oxygen atoms in total. The molecule has 0 unspecified atom stereocenters. The molecule has 0 spiro atoms. The van der Waals surface area contributed by atoms with E-state index in [9.17, 15) is 4.79 Å². The average molecular weight is 273 g/mol. The lowest BCUT2D eigenvalue weighted by molar-refractivity contribution is -0.123. The Hall–Kier alpha value is -2.24. The summed E-state index contributed by atoms with van der Waals surface area (Å²) in [6.07, 6.45) is 4.69. The van der Waals surface area contributed by atoms with Crippen LogP contribution in [0.1, 0.15) is 37.8 Å². The second kappa shape index (κ2) is 7.37. The standard InChI is InChI=1S/C14H19N5O/c1-2-3-7-10-15-14(20)13(19-11-16-17-18-19)12-8-5-4-6-9-12/h4-6,8-9,11,13H,2-3,7,10H2,1H3,(H,15,20)/t13-/m1/s1. The minimum atomic E-state index is -0.521. The van der Waals surface area contributed by atoms with Gasteiger partial charge in [-0.15, -0.1) is 5.10 Å². The van der Waals surface area contributed by atoms with E-state index in [4.69, 9.17) is 0 Å². The Morgan fingerprint density at radius 1 is 1.30 bits per heavy atom. The molecule has 1 atom stereocenters. The molecule has 0 saturated carbocycles. The Kier molecular flexibility index (Phi) is 5.23. The van der Waals surface area contributed by atoms with Gasteiger partial charge in [-0.25, -0.2) is 4.68 Å². The van der Waals surface area contributed by atoms with Crippen LogP contribution in [-0.2, 0) is 4.79 Å². The number of benzene rings is 1. The molecule has 2 aromatic rings. The molecule has 0 bridgehead atoms. The summed E-state index contributed by atoms with van der Waals surface area (Å²) in [7, 11) is 0. The first kappa shape index (κ1) is 14.2. The zero-order valence-electron chi connectivity index (χ0n) is 11.6. The van der Waals surface area contributed by atoms with E-state index in [1.165, 1.54) is 11.0 Å². The zero-order valence-corrected chi connectivity index (χ0v) is 11.6. The summed E-state index contributed by atoms with van der Waals surface area (Å²) in [4.78, 5) is 12.4. The Morgan fingerprint density at radius 3 is 2.75 bits per heavy atom. The summed E-state index contributed by atoms with van der Waals surface area (Å²) >= 11 is 0. The van der Waals surface area contributed by atoms with Gasteiger partial charge in [0.2, 0.25) is 5.91 Å². The predicted molar refractivity (Wildman–Crippen MR) is 74.9 cm³/mol. The fraction of sp³-hybridized carbons (Fsp3) is 0.429. The van der Waals surface area contributed by atoms with Crippen molar-refractivity contribution >= 4 is 5.91 Å². The van der Waals surface area contributed by atoms with E-state index < -0.39 is 6.04 Å². The number of hydrogen-bond donors (Lipinski definition) is 1. The minimum absolute atomic E-state index is 0.0837. The molecule has 106 valence electrons. The molecule has 0 aliphatic heterocycles. The van der Waals surface area contributed by atoms with Crippen LogP contribution in [0.4, 0.5) is 0 Å². The van der Waals surface area contributed by atoms with Crippen LogP contribution in [0.15, 0.2) is 36.7 Å². The van der Waals surface area contributed by atoms with Crippen molar-refractivity contribution in [1.82, 2.24) is 25.5 Å². The van der Waals surface area contributed by atoms with E-state index >= 15 is 0 Å². The third kappa shape index (κ3) is 3.63. The van der Waals surface area contributed by atoms with E-state index in [1.807, 2.05) is 30.3 Å². The Balaban J connectivity index is 2.09. The van der Waals surface area contributed by atoms with Crippen LogP contribution in [0.5, 0.6) is 0 Å². The van der Waals surface area contributed by atoms with Gasteiger partial charge in [-0.05, 0) is 22.4 Å². The summed E-state index contributed by atoms with van der Waals surface area (Å²) in [5.74, 6) is -0.0837. The Labute approximate surface area is 118 Å². The van der Waals surface area contributed by atoms with E-state index in [2.05, 4.69) is 27.8 Å². The fourth-order valence-corrected chi connectivity index (χ4v) is 2.03. The maximum Gasteiger partial charge on any atom is 0.249 e. The van der Waals surface area contributed by atoms with Gasteiger partial charge in [-0.2, -0.15) is 0 Å². The average Bonchev–Trinajstić information content (AvgIpc) is 2.99. The number of amides is 1. The van der Waals surface area contributed by atoms with Gasteiger partial charge in [-0.3, -0.25) is 4.79 Å². The van der Waals surface area contributed by atoms with E-state index in [1.54, 1.807) is 0 Å². The smallest absolute Gasteiger partial charge is 0.249 e. The number of tetrazole rings is 1. The number of aromatic nitrogens is 4. The van der Waals surface area contributed by atoms with Crippen molar-refractivity contribution < 1.29 is 4.79 Å². The van der Waals surface area contributed by atoms with Crippen LogP contribution in [-0.4, -0.2) is 32.7 Å². The van der Waals surface area contributed by atoms with Crippen molar-refractivity contribution in [2.45, 2.75) is 32.2 Å². The molecule has 0 fully saturated rings. The van der Waals surface area contributed by atoms with Crippen LogP contribution in [0.25, 0.3) is 0 Å². The van der Waals surface area contributed by atoms with Crippen molar-refractivity contribution in [1.29, 1.82) is 0 Å². The number of nitrogens with zero attached hydrogens (tertiary/aromatic N) is 4. The lowest BCUT2D eigenvalue weighted by Crippen LogP contribution is -2.34.